The first-order chi connectivity index (χ1) is 6.42. The number of aryl methyl sites for hydroxylation is 1. The second kappa shape index (κ2) is 3.78. The molecule has 0 aliphatic rings. The number of hydrogen-bond acceptors (Lipinski definition) is 3. The lowest BCUT2D eigenvalue weighted by molar-refractivity contribution is 0.112. The zero-order chi connectivity index (χ0) is 10.8. The van der Waals surface area contributed by atoms with Crippen molar-refractivity contribution < 1.29 is 4.79 Å². The molecule has 1 aromatic heterocycles. The summed E-state index contributed by atoms with van der Waals surface area (Å²) in [6.45, 7) is 8.03. The standard InChI is InChI=1S/C11H16N2O/c1-8-9(7-14)5-6-10(12-8)13-11(2,3)4/h5-7H,1-4H3,(H,12,13). The smallest absolute Gasteiger partial charge is 0.151 e. The molecule has 0 spiro atoms. The van der Waals surface area contributed by atoms with Crippen LogP contribution in [-0.2, 0) is 0 Å². The van der Waals surface area contributed by atoms with E-state index >= 15 is 0 Å². The predicted octanol–water partition coefficient (Wildman–Crippen LogP) is 2.41. The van der Waals surface area contributed by atoms with Gasteiger partial charge in [0.15, 0.2) is 6.29 Å². The van der Waals surface area contributed by atoms with Crippen LogP contribution < -0.4 is 5.32 Å². The zero-order valence-electron chi connectivity index (χ0n) is 9.09. The van der Waals surface area contributed by atoms with Gasteiger partial charge >= 0.3 is 0 Å². The number of aromatic nitrogens is 1. The lowest BCUT2D eigenvalue weighted by atomic mass is 10.1. The number of carbonyl (C=O) groups excluding carboxylic acids is 1. The quantitative estimate of drug-likeness (QED) is 0.732. The summed E-state index contributed by atoms with van der Waals surface area (Å²) in [5, 5.41) is 3.25. The highest BCUT2D eigenvalue weighted by Gasteiger charge is 2.10. The number of nitrogens with zero attached hydrogens (tertiary/aromatic N) is 1. The van der Waals surface area contributed by atoms with E-state index < -0.39 is 0 Å². The van der Waals surface area contributed by atoms with E-state index in [1.165, 1.54) is 0 Å². The van der Waals surface area contributed by atoms with Gasteiger partial charge in [0.2, 0.25) is 0 Å². The van der Waals surface area contributed by atoms with Gasteiger partial charge in [-0.05, 0) is 39.8 Å². The third-order valence-electron chi connectivity index (χ3n) is 1.76. The monoisotopic (exact) mass is 192 g/mol. The number of carbonyl (C=O) groups is 1. The first kappa shape index (κ1) is 10.7. The molecule has 3 heteroatoms. The fraction of sp³-hybridized carbons (Fsp3) is 0.455. The van der Waals surface area contributed by atoms with E-state index in [0.29, 0.717) is 5.56 Å². The first-order valence-electron chi connectivity index (χ1n) is 4.63. The Kier molecular flexibility index (Phi) is 2.89. The van der Waals surface area contributed by atoms with Crippen molar-refractivity contribution >= 4 is 12.1 Å². The van der Waals surface area contributed by atoms with Gasteiger partial charge in [0.25, 0.3) is 0 Å². The summed E-state index contributed by atoms with van der Waals surface area (Å²) in [6.07, 6.45) is 0.823. The first-order valence-corrected chi connectivity index (χ1v) is 4.63. The van der Waals surface area contributed by atoms with Crippen molar-refractivity contribution in [3.63, 3.8) is 0 Å². The van der Waals surface area contributed by atoms with Crippen LogP contribution in [0.2, 0.25) is 0 Å². The molecule has 1 aromatic rings. The minimum absolute atomic E-state index is 0.0118. The van der Waals surface area contributed by atoms with E-state index in [9.17, 15) is 4.79 Å². The van der Waals surface area contributed by atoms with Gasteiger partial charge in [-0.1, -0.05) is 0 Å². The average Bonchev–Trinajstić information content (AvgIpc) is 2.01. The van der Waals surface area contributed by atoms with Crippen molar-refractivity contribution in [1.29, 1.82) is 0 Å². The highest BCUT2D eigenvalue weighted by Crippen LogP contribution is 2.13. The van der Waals surface area contributed by atoms with Gasteiger partial charge in [0.05, 0.1) is 5.69 Å². The van der Waals surface area contributed by atoms with E-state index in [-0.39, 0.29) is 5.54 Å². The Morgan fingerprint density at radius 1 is 1.36 bits per heavy atom. The Labute approximate surface area is 84.6 Å². The summed E-state index contributed by atoms with van der Waals surface area (Å²) >= 11 is 0. The normalized spacial score (nSPS) is 11.1. The van der Waals surface area contributed by atoms with Gasteiger partial charge in [-0.3, -0.25) is 4.79 Å². The van der Waals surface area contributed by atoms with Gasteiger partial charge in [-0.2, -0.15) is 0 Å². The molecule has 1 rings (SSSR count). The van der Waals surface area contributed by atoms with Gasteiger partial charge in [-0.25, -0.2) is 4.98 Å². The van der Waals surface area contributed by atoms with Crippen molar-refractivity contribution in [3.8, 4) is 0 Å². The summed E-state index contributed by atoms with van der Waals surface area (Å²) < 4.78 is 0. The third-order valence-corrected chi connectivity index (χ3v) is 1.76. The Balaban J connectivity index is 2.92. The zero-order valence-corrected chi connectivity index (χ0v) is 9.09. The van der Waals surface area contributed by atoms with Crippen LogP contribution in [0.25, 0.3) is 0 Å². The van der Waals surface area contributed by atoms with E-state index in [1.807, 2.05) is 13.0 Å². The van der Waals surface area contributed by atoms with E-state index in [4.69, 9.17) is 0 Å². The number of hydrogen-bond donors (Lipinski definition) is 1. The minimum atomic E-state index is -0.0118. The van der Waals surface area contributed by atoms with Crippen molar-refractivity contribution in [2.45, 2.75) is 33.2 Å². The van der Waals surface area contributed by atoms with E-state index in [0.717, 1.165) is 17.8 Å². The molecule has 14 heavy (non-hydrogen) atoms. The van der Waals surface area contributed by atoms with Gasteiger partial charge in [-0.15, -0.1) is 0 Å². The van der Waals surface area contributed by atoms with Crippen LogP contribution in [-0.4, -0.2) is 16.8 Å². The Bertz CT molecular complexity index is 340. The maximum Gasteiger partial charge on any atom is 0.151 e. The molecule has 0 aliphatic carbocycles. The molecular formula is C11H16N2O. The molecule has 0 radical (unpaired) electrons. The largest absolute Gasteiger partial charge is 0.365 e. The summed E-state index contributed by atoms with van der Waals surface area (Å²) in [7, 11) is 0. The lowest BCUT2D eigenvalue weighted by Gasteiger charge is -2.21. The number of aldehydes is 1. The van der Waals surface area contributed by atoms with Crippen LogP contribution in [0, 0.1) is 6.92 Å². The van der Waals surface area contributed by atoms with E-state index in [1.54, 1.807) is 6.07 Å². The van der Waals surface area contributed by atoms with Crippen molar-refractivity contribution in [3.05, 3.63) is 23.4 Å². The average molecular weight is 192 g/mol. The fourth-order valence-corrected chi connectivity index (χ4v) is 1.15. The molecular weight excluding hydrogens is 176 g/mol. The van der Waals surface area contributed by atoms with Crippen molar-refractivity contribution in [2.24, 2.45) is 0 Å². The maximum absolute atomic E-state index is 10.6. The van der Waals surface area contributed by atoms with Crippen LogP contribution in [0.15, 0.2) is 12.1 Å². The second-order valence-electron chi connectivity index (χ2n) is 4.36. The van der Waals surface area contributed by atoms with Gasteiger partial charge in [0, 0.05) is 11.1 Å². The van der Waals surface area contributed by atoms with Gasteiger partial charge in [0.1, 0.15) is 5.82 Å². The van der Waals surface area contributed by atoms with Crippen molar-refractivity contribution in [2.75, 3.05) is 5.32 Å². The molecule has 0 atom stereocenters. The number of anilines is 1. The molecule has 76 valence electrons. The highest BCUT2D eigenvalue weighted by molar-refractivity contribution is 5.76. The SMILES string of the molecule is Cc1nc(NC(C)(C)C)ccc1C=O. The molecule has 0 saturated carbocycles. The molecule has 3 nitrogen and oxygen atoms in total. The predicted molar refractivity (Wildman–Crippen MR) is 57.7 cm³/mol. The minimum Gasteiger partial charge on any atom is -0.365 e. The van der Waals surface area contributed by atoms with Crippen LogP contribution in [0.3, 0.4) is 0 Å². The second-order valence-corrected chi connectivity index (χ2v) is 4.36. The van der Waals surface area contributed by atoms with Crippen molar-refractivity contribution in [1.82, 2.24) is 4.98 Å². The molecule has 0 fully saturated rings. The molecule has 0 aromatic carbocycles. The van der Waals surface area contributed by atoms with E-state index in [2.05, 4.69) is 31.1 Å². The van der Waals surface area contributed by atoms with Crippen LogP contribution in [0.4, 0.5) is 5.82 Å². The Morgan fingerprint density at radius 3 is 2.43 bits per heavy atom. The maximum atomic E-state index is 10.6. The summed E-state index contributed by atoms with van der Waals surface area (Å²) in [4.78, 5) is 14.9. The molecule has 0 amide bonds. The number of nitrogens with one attached hydrogen (secondary N) is 1. The molecule has 1 N–H and O–H groups in total. The van der Waals surface area contributed by atoms with Crippen LogP contribution >= 0.6 is 0 Å². The molecule has 0 saturated heterocycles. The van der Waals surface area contributed by atoms with Crippen LogP contribution in [0.1, 0.15) is 36.8 Å². The molecule has 0 bridgehead atoms. The number of rotatable bonds is 2. The Hall–Kier alpha value is -1.38. The molecule has 0 aliphatic heterocycles. The summed E-state index contributed by atoms with van der Waals surface area (Å²) in [5.74, 6) is 0.806. The highest BCUT2D eigenvalue weighted by atomic mass is 16.1. The lowest BCUT2D eigenvalue weighted by Crippen LogP contribution is -2.26. The Morgan fingerprint density at radius 2 is 2.00 bits per heavy atom. The molecule has 1 heterocycles. The summed E-state index contributed by atoms with van der Waals surface area (Å²) in [6, 6.07) is 3.60. The van der Waals surface area contributed by atoms with Crippen LogP contribution in [0.5, 0.6) is 0 Å². The third kappa shape index (κ3) is 2.83. The summed E-state index contributed by atoms with van der Waals surface area (Å²) in [5.41, 5.74) is 1.39. The molecule has 0 unspecified atom stereocenters. The topological polar surface area (TPSA) is 42.0 Å². The fourth-order valence-electron chi connectivity index (χ4n) is 1.15. The van der Waals surface area contributed by atoms with Gasteiger partial charge < -0.3 is 5.32 Å². The number of pyridine rings is 1.